The number of oxazole rings is 1. The molecule has 0 bridgehead atoms. The minimum absolute atomic E-state index is 0.101. The highest BCUT2D eigenvalue weighted by Gasteiger charge is 2.23. The van der Waals surface area contributed by atoms with Crippen molar-refractivity contribution in [1.29, 1.82) is 5.26 Å². The molecule has 1 aromatic heterocycles. The summed E-state index contributed by atoms with van der Waals surface area (Å²) in [6.07, 6.45) is 3.37. The predicted molar refractivity (Wildman–Crippen MR) is 122 cm³/mol. The van der Waals surface area contributed by atoms with Gasteiger partial charge in [0.25, 0.3) is 0 Å². The van der Waals surface area contributed by atoms with Crippen LogP contribution in [0.1, 0.15) is 24.8 Å². The fourth-order valence-corrected chi connectivity index (χ4v) is 4.19. The molecule has 2 atom stereocenters. The van der Waals surface area contributed by atoms with Gasteiger partial charge < -0.3 is 15.1 Å². The van der Waals surface area contributed by atoms with Crippen LogP contribution in [0.5, 0.6) is 0 Å². The van der Waals surface area contributed by atoms with Crippen LogP contribution in [0.25, 0.3) is 22.2 Å². The molecule has 7 nitrogen and oxygen atoms in total. The van der Waals surface area contributed by atoms with Gasteiger partial charge in [0.1, 0.15) is 11.6 Å². The first-order valence-corrected chi connectivity index (χ1v) is 10.9. The summed E-state index contributed by atoms with van der Waals surface area (Å²) in [5.41, 5.74) is 4.21. The molecule has 154 valence electrons. The molecule has 2 heterocycles. The quantitative estimate of drug-likeness (QED) is 0.508. The summed E-state index contributed by atoms with van der Waals surface area (Å²) in [5.74, 6) is -0.498. The van der Waals surface area contributed by atoms with E-state index in [0.29, 0.717) is 12.0 Å². The Labute approximate surface area is 187 Å². The molecule has 0 saturated carbocycles. The van der Waals surface area contributed by atoms with Gasteiger partial charge in [-0.05, 0) is 48.2 Å². The molecule has 4 rings (SSSR count). The van der Waals surface area contributed by atoms with Crippen molar-refractivity contribution in [2.75, 3.05) is 6.54 Å². The third kappa shape index (κ3) is 4.42. The molecule has 1 amide bonds. The number of hydrogen-bond acceptors (Lipinski definition) is 5. The number of benzene rings is 2. The van der Waals surface area contributed by atoms with E-state index in [1.165, 1.54) is 2.78 Å². The number of nitrogens with one attached hydrogen (secondary N) is 2. The highest BCUT2D eigenvalue weighted by molar-refractivity contribution is 14.1. The van der Waals surface area contributed by atoms with E-state index < -0.39 is 11.8 Å². The number of nitrogens with zero attached hydrogens (tertiary/aromatic N) is 2. The highest BCUT2D eigenvalue weighted by Crippen LogP contribution is 2.25. The standard InChI is InChI=1S/C22H21IN4O3/c23-27-19-12-16(8-9-20(19)30-22(27)29)15-6-4-14(5-7-15)11-17(13-24)26-21(28)18-3-1-2-10-25-18/h4-9,12,17-18,25H,1-3,10-11H2,(H,26,28)/t17-,18-/m0/s1. The zero-order valence-corrected chi connectivity index (χ0v) is 18.4. The Hall–Kier alpha value is -2.64. The van der Waals surface area contributed by atoms with E-state index in [-0.39, 0.29) is 11.9 Å². The second-order valence-corrected chi connectivity index (χ2v) is 8.39. The van der Waals surface area contributed by atoms with Crippen molar-refractivity contribution in [3.63, 3.8) is 0 Å². The molecule has 1 aliphatic heterocycles. The second-order valence-electron chi connectivity index (χ2n) is 7.43. The van der Waals surface area contributed by atoms with Crippen LogP contribution in [0.3, 0.4) is 0 Å². The van der Waals surface area contributed by atoms with Gasteiger partial charge in [-0.3, -0.25) is 4.79 Å². The van der Waals surface area contributed by atoms with Gasteiger partial charge in [0.05, 0.1) is 35.0 Å². The van der Waals surface area contributed by atoms with E-state index in [0.717, 1.165) is 48.0 Å². The van der Waals surface area contributed by atoms with Crippen molar-refractivity contribution in [1.82, 2.24) is 13.4 Å². The van der Waals surface area contributed by atoms with Crippen LogP contribution in [0.15, 0.2) is 51.7 Å². The molecule has 0 unspecified atom stereocenters. The summed E-state index contributed by atoms with van der Waals surface area (Å²) < 4.78 is 6.62. The SMILES string of the molecule is N#C[C@H](Cc1ccc(-c2ccc3oc(=O)n(I)c3c2)cc1)NC(=O)[C@@H]1CCCCN1. The summed E-state index contributed by atoms with van der Waals surface area (Å²) >= 11 is 1.92. The van der Waals surface area contributed by atoms with E-state index in [2.05, 4.69) is 16.7 Å². The maximum Gasteiger partial charge on any atom is 0.429 e. The average Bonchev–Trinajstić information content (AvgIpc) is 3.07. The van der Waals surface area contributed by atoms with E-state index in [1.807, 2.05) is 59.3 Å². The van der Waals surface area contributed by atoms with Gasteiger partial charge in [0.15, 0.2) is 5.58 Å². The van der Waals surface area contributed by atoms with E-state index >= 15 is 0 Å². The van der Waals surface area contributed by atoms with E-state index in [9.17, 15) is 14.9 Å². The first kappa shape index (κ1) is 20.6. The Kier molecular flexibility index (Phi) is 6.20. The molecule has 8 heteroatoms. The van der Waals surface area contributed by atoms with E-state index in [4.69, 9.17) is 4.42 Å². The normalized spacial score (nSPS) is 17.4. The van der Waals surface area contributed by atoms with Crippen LogP contribution >= 0.6 is 22.9 Å². The summed E-state index contributed by atoms with van der Waals surface area (Å²) in [6, 6.07) is 14.9. The molecular weight excluding hydrogens is 495 g/mol. The number of halogens is 1. The zero-order chi connectivity index (χ0) is 21.1. The van der Waals surface area contributed by atoms with Crippen molar-refractivity contribution in [3.8, 4) is 17.2 Å². The summed E-state index contributed by atoms with van der Waals surface area (Å²) in [7, 11) is 0. The lowest BCUT2D eigenvalue weighted by molar-refractivity contribution is -0.124. The van der Waals surface area contributed by atoms with Crippen LogP contribution in [0.2, 0.25) is 0 Å². The topological polar surface area (TPSA) is 100 Å². The Morgan fingerprint density at radius 1 is 1.27 bits per heavy atom. The number of nitriles is 1. The third-order valence-corrected chi connectivity index (χ3v) is 6.27. The number of hydrogen-bond donors (Lipinski definition) is 2. The van der Waals surface area contributed by atoms with Crippen molar-refractivity contribution in [3.05, 3.63) is 58.6 Å². The minimum Gasteiger partial charge on any atom is -0.407 e. The molecule has 1 fully saturated rings. The molecule has 1 aliphatic rings. The fraction of sp³-hybridized carbons (Fsp3) is 0.318. The number of fused-ring (bicyclic) bond motifs is 1. The highest BCUT2D eigenvalue weighted by atomic mass is 127. The first-order valence-electron chi connectivity index (χ1n) is 9.89. The van der Waals surface area contributed by atoms with Gasteiger partial charge in [-0.2, -0.15) is 5.26 Å². The summed E-state index contributed by atoms with van der Waals surface area (Å²) in [5, 5.41) is 15.5. The van der Waals surface area contributed by atoms with Crippen molar-refractivity contribution in [2.45, 2.75) is 37.8 Å². The zero-order valence-electron chi connectivity index (χ0n) is 16.2. The lowest BCUT2D eigenvalue weighted by Crippen LogP contribution is -2.49. The fourth-order valence-electron chi connectivity index (χ4n) is 3.72. The number of aromatic nitrogens is 1. The molecule has 3 aromatic rings. The summed E-state index contributed by atoms with van der Waals surface area (Å²) in [6.45, 7) is 0.842. The number of rotatable bonds is 5. The number of carbonyl (C=O) groups is 1. The Balaban J connectivity index is 1.45. The van der Waals surface area contributed by atoms with Crippen molar-refractivity contribution >= 4 is 39.9 Å². The molecule has 2 N–H and O–H groups in total. The molecule has 0 spiro atoms. The Morgan fingerprint density at radius 2 is 2.03 bits per heavy atom. The van der Waals surface area contributed by atoms with Gasteiger partial charge in [0, 0.05) is 6.42 Å². The maximum absolute atomic E-state index is 12.4. The molecular formula is C22H21IN4O3. The molecule has 1 saturated heterocycles. The van der Waals surface area contributed by atoms with Gasteiger partial charge in [0.2, 0.25) is 5.91 Å². The van der Waals surface area contributed by atoms with Gasteiger partial charge in [-0.1, -0.05) is 36.8 Å². The summed E-state index contributed by atoms with van der Waals surface area (Å²) in [4.78, 5) is 24.0. The van der Waals surface area contributed by atoms with Crippen molar-refractivity contribution in [2.24, 2.45) is 0 Å². The van der Waals surface area contributed by atoms with Crippen LogP contribution in [-0.4, -0.2) is 27.3 Å². The Morgan fingerprint density at radius 3 is 2.73 bits per heavy atom. The lowest BCUT2D eigenvalue weighted by atomic mass is 10.00. The van der Waals surface area contributed by atoms with Crippen LogP contribution in [0, 0.1) is 11.3 Å². The van der Waals surface area contributed by atoms with Crippen LogP contribution in [-0.2, 0) is 11.2 Å². The van der Waals surface area contributed by atoms with Crippen LogP contribution in [0.4, 0.5) is 0 Å². The van der Waals surface area contributed by atoms with Crippen LogP contribution < -0.4 is 16.4 Å². The predicted octanol–water partition coefficient (Wildman–Crippen LogP) is 3.15. The largest absolute Gasteiger partial charge is 0.429 e. The third-order valence-electron chi connectivity index (χ3n) is 5.35. The number of carbonyl (C=O) groups excluding carboxylic acids is 1. The van der Waals surface area contributed by atoms with Gasteiger partial charge >= 0.3 is 5.76 Å². The molecule has 0 radical (unpaired) electrons. The maximum atomic E-state index is 12.4. The smallest absolute Gasteiger partial charge is 0.407 e. The lowest BCUT2D eigenvalue weighted by Gasteiger charge is -2.23. The van der Waals surface area contributed by atoms with Gasteiger partial charge in [-0.15, -0.1) is 0 Å². The average molecular weight is 516 g/mol. The Bertz CT molecular complexity index is 1150. The first-order chi connectivity index (χ1) is 14.5. The second kappa shape index (κ2) is 9.02. The molecule has 0 aliphatic carbocycles. The molecule has 30 heavy (non-hydrogen) atoms. The van der Waals surface area contributed by atoms with Crippen molar-refractivity contribution < 1.29 is 9.21 Å². The number of amides is 1. The van der Waals surface area contributed by atoms with Gasteiger partial charge in [-0.25, -0.2) is 7.58 Å². The number of piperidine rings is 1. The molecule has 2 aromatic carbocycles. The minimum atomic E-state index is -0.567. The van der Waals surface area contributed by atoms with E-state index in [1.54, 1.807) is 6.07 Å². The monoisotopic (exact) mass is 516 g/mol.